The van der Waals surface area contributed by atoms with Crippen molar-refractivity contribution in [2.75, 3.05) is 0 Å². The second-order valence-electron chi connectivity index (χ2n) is 5.54. The van der Waals surface area contributed by atoms with E-state index in [1.165, 1.54) is 12.4 Å². The van der Waals surface area contributed by atoms with Gasteiger partial charge in [-0.2, -0.15) is 0 Å². The predicted octanol–water partition coefficient (Wildman–Crippen LogP) is 4.85. The van der Waals surface area contributed by atoms with Crippen LogP contribution in [-0.4, -0.2) is 9.97 Å². The van der Waals surface area contributed by atoms with Gasteiger partial charge in [0.2, 0.25) is 5.88 Å². The molecule has 4 aromatic rings. The Morgan fingerprint density at radius 2 is 1.96 bits per heavy atom. The summed E-state index contributed by atoms with van der Waals surface area (Å²) < 4.78 is 12.2. The highest BCUT2D eigenvalue weighted by Gasteiger charge is 2.10. The lowest BCUT2D eigenvalue weighted by Gasteiger charge is -2.09. The maximum absolute atomic E-state index is 11.7. The van der Waals surface area contributed by atoms with Crippen LogP contribution in [0.15, 0.2) is 62.5 Å². The monoisotopic (exact) mass is 396 g/mol. The molecule has 0 N–H and O–H groups in total. The first-order chi connectivity index (χ1) is 12.1. The standard InChI is InChI=1S/C19H13BrN2O3/c1-2-11-7-18(23)25-17-9-13(4-5-14(11)17)24-19-15-8-12(20)3-6-16(15)21-10-22-19/h3-10H,2H2,1H3. The van der Waals surface area contributed by atoms with Gasteiger partial charge in [0.05, 0.1) is 10.9 Å². The summed E-state index contributed by atoms with van der Waals surface area (Å²) in [7, 11) is 0. The van der Waals surface area contributed by atoms with Gasteiger partial charge >= 0.3 is 5.63 Å². The van der Waals surface area contributed by atoms with Crippen LogP contribution in [0.3, 0.4) is 0 Å². The van der Waals surface area contributed by atoms with E-state index in [1.54, 1.807) is 6.07 Å². The molecule has 0 saturated heterocycles. The van der Waals surface area contributed by atoms with Gasteiger partial charge in [-0.1, -0.05) is 22.9 Å². The Kier molecular flexibility index (Phi) is 3.97. The number of aryl methyl sites for hydroxylation is 1. The number of hydrogen-bond acceptors (Lipinski definition) is 5. The van der Waals surface area contributed by atoms with E-state index in [1.807, 2.05) is 37.3 Å². The van der Waals surface area contributed by atoms with Crippen LogP contribution in [0.5, 0.6) is 11.6 Å². The van der Waals surface area contributed by atoms with Crippen LogP contribution in [0.2, 0.25) is 0 Å². The molecule has 0 radical (unpaired) electrons. The van der Waals surface area contributed by atoms with E-state index in [2.05, 4.69) is 25.9 Å². The molecule has 0 fully saturated rings. The summed E-state index contributed by atoms with van der Waals surface area (Å²) in [5.41, 5.74) is 1.88. The first-order valence-electron chi connectivity index (χ1n) is 7.79. The third-order valence-electron chi connectivity index (χ3n) is 3.96. The van der Waals surface area contributed by atoms with Gasteiger partial charge in [0.15, 0.2) is 0 Å². The highest BCUT2D eigenvalue weighted by atomic mass is 79.9. The SMILES string of the molecule is CCc1cc(=O)oc2cc(Oc3ncnc4ccc(Br)cc34)ccc12. The molecule has 0 bridgehead atoms. The summed E-state index contributed by atoms with van der Waals surface area (Å²) in [4.78, 5) is 20.2. The lowest BCUT2D eigenvalue weighted by molar-refractivity contribution is 0.466. The molecule has 2 aromatic heterocycles. The number of ether oxygens (including phenoxy) is 1. The van der Waals surface area contributed by atoms with Crippen molar-refractivity contribution in [1.29, 1.82) is 0 Å². The van der Waals surface area contributed by atoms with Crippen molar-refractivity contribution in [3.63, 3.8) is 0 Å². The Hall–Kier alpha value is -2.73. The van der Waals surface area contributed by atoms with Crippen LogP contribution in [0.4, 0.5) is 0 Å². The topological polar surface area (TPSA) is 65.2 Å². The molecule has 0 aliphatic rings. The van der Waals surface area contributed by atoms with Crippen molar-refractivity contribution in [2.45, 2.75) is 13.3 Å². The zero-order valence-electron chi connectivity index (χ0n) is 13.3. The first-order valence-corrected chi connectivity index (χ1v) is 8.58. The molecule has 25 heavy (non-hydrogen) atoms. The average molecular weight is 397 g/mol. The van der Waals surface area contributed by atoms with Gasteiger partial charge in [-0.25, -0.2) is 14.8 Å². The van der Waals surface area contributed by atoms with Crippen molar-refractivity contribution in [3.05, 3.63) is 69.2 Å². The molecule has 0 saturated carbocycles. The van der Waals surface area contributed by atoms with Crippen LogP contribution in [0.25, 0.3) is 21.9 Å². The zero-order chi connectivity index (χ0) is 17.4. The molecule has 0 unspecified atom stereocenters. The normalized spacial score (nSPS) is 11.1. The van der Waals surface area contributed by atoms with E-state index in [9.17, 15) is 4.79 Å². The fourth-order valence-corrected chi connectivity index (χ4v) is 3.13. The molecule has 0 amide bonds. The maximum atomic E-state index is 11.7. The van der Waals surface area contributed by atoms with Gasteiger partial charge in [0.25, 0.3) is 0 Å². The van der Waals surface area contributed by atoms with E-state index < -0.39 is 0 Å². The van der Waals surface area contributed by atoms with Gasteiger partial charge < -0.3 is 9.15 Å². The lowest BCUT2D eigenvalue weighted by atomic mass is 10.1. The molecular weight excluding hydrogens is 384 g/mol. The summed E-state index contributed by atoms with van der Waals surface area (Å²) in [6.07, 6.45) is 2.22. The van der Waals surface area contributed by atoms with Crippen LogP contribution >= 0.6 is 15.9 Å². The predicted molar refractivity (Wildman–Crippen MR) is 99.2 cm³/mol. The van der Waals surface area contributed by atoms with E-state index in [0.717, 1.165) is 32.7 Å². The molecule has 0 aliphatic heterocycles. The minimum absolute atomic E-state index is 0.363. The number of hydrogen-bond donors (Lipinski definition) is 0. The van der Waals surface area contributed by atoms with E-state index in [4.69, 9.17) is 9.15 Å². The summed E-state index contributed by atoms with van der Waals surface area (Å²) in [5, 5.41) is 1.70. The molecule has 0 spiro atoms. The summed E-state index contributed by atoms with van der Waals surface area (Å²) in [5.74, 6) is 0.989. The van der Waals surface area contributed by atoms with E-state index >= 15 is 0 Å². The fraction of sp³-hybridized carbons (Fsp3) is 0.105. The molecular formula is C19H13BrN2O3. The number of fused-ring (bicyclic) bond motifs is 2. The fourth-order valence-electron chi connectivity index (χ4n) is 2.76. The molecule has 0 atom stereocenters. The van der Waals surface area contributed by atoms with Gasteiger partial charge in [0, 0.05) is 22.0 Å². The smallest absolute Gasteiger partial charge is 0.336 e. The number of benzene rings is 2. The van der Waals surface area contributed by atoms with Crippen LogP contribution < -0.4 is 10.4 Å². The van der Waals surface area contributed by atoms with E-state index in [-0.39, 0.29) is 5.63 Å². The van der Waals surface area contributed by atoms with Crippen molar-refractivity contribution in [2.24, 2.45) is 0 Å². The van der Waals surface area contributed by atoms with E-state index in [0.29, 0.717) is 17.2 Å². The summed E-state index contributed by atoms with van der Waals surface area (Å²) in [6.45, 7) is 2.00. The summed E-state index contributed by atoms with van der Waals surface area (Å²) in [6, 6.07) is 12.7. The Morgan fingerprint density at radius 3 is 2.80 bits per heavy atom. The molecule has 6 heteroatoms. The van der Waals surface area contributed by atoms with Crippen LogP contribution in [-0.2, 0) is 6.42 Å². The Bertz CT molecular complexity index is 1150. The minimum Gasteiger partial charge on any atom is -0.438 e. The van der Waals surface area contributed by atoms with Gasteiger partial charge in [-0.3, -0.25) is 0 Å². The lowest BCUT2D eigenvalue weighted by Crippen LogP contribution is -2.00. The van der Waals surface area contributed by atoms with Crippen LogP contribution in [0.1, 0.15) is 12.5 Å². The molecule has 2 aromatic carbocycles. The van der Waals surface area contributed by atoms with Gasteiger partial charge in [0.1, 0.15) is 17.7 Å². The van der Waals surface area contributed by atoms with Crippen molar-refractivity contribution >= 4 is 37.8 Å². The van der Waals surface area contributed by atoms with Crippen LogP contribution in [0, 0.1) is 0 Å². The minimum atomic E-state index is -0.363. The molecule has 124 valence electrons. The average Bonchev–Trinajstić information content (AvgIpc) is 2.61. The zero-order valence-corrected chi connectivity index (χ0v) is 14.9. The van der Waals surface area contributed by atoms with Crippen molar-refractivity contribution < 1.29 is 9.15 Å². The second kappa shape index (κ2) is 6.29. The quantitative estimate of drug-likeness (QED) is 0.463. The molecule has 0 aliphatic carbocycles. The van der Waals surface area contributed by atoms with Gasteiger partial charge in [-0.05, 0) is 42.3 Å². The highest BCUT2D eigenvalue weighted by molar-refractivity contribution is 9.10. The Morgan fingerprint density at radius 1 is 1.08 bits per heavy atom. The largest absolute Gasteiger partial charge is 0.438 e. The molecule has 5 nitrogen and oxygen atoms in total. The van der Waals surface area contributed by atoms with Gasteiger partial charge in [-0.15, -0.1) is 0 Å². The Balaban J connectivity index is 1.81. The Labute approximate surface area is 151 Å². The number of rotatable bonds is 3. The number of aromatic nitrogens is 2. The number of halogens is 1. The van der Waals surface area contributed by atoms with Crippen molar-refractivity contribution in [1.82, 2.24) is 9.97 Å². The third-order valence-corrected chi connectivity index (χ3v) is 4.45. The second-order valence-corrected chi connectivity index (χ2v) is 6.46. The summed E-state index contributed by atoms with van der Waals surface area (Å²) >= 11 is 3.45. The van der Waals surface area contributed by atoms with Crippen molar-refractivity contribution in [3.8, 4) is 11.6 Å². The first kappa shape index (κ1) is 15.8. The molecule has 4 rings (SSSR count). The maximum Gasteiger partial charge on any atom is 0.336 e. The third kappa shape index (κ3) is 3.00. The highest BCUT2D eigenvalue weighted by Crippen LogP contribution is 2.30. The molecule has 2 heterocycles. The number of nitrogens with zero attached hydrogens (tertiary/aromatic N) is 2.